The third-order valence-electron chi connectivity index (χ3n) is 3.48. The first-order chi connectivity index (χ1) is 9.52. The third kappa shape index (κ3) is 2.00. The first-order valence-corrected chi connectivity index (χ1v) is 7.41. The van der Waals surface area contributed by atoms with Crippen LogP contribution in [0.3, 0.4) is 0 Å². The number of pyridine rings is 1. The predicted molar refractivity (Wildman–Crippen MR) is 75.2 cm³/mol. The fraction of sp³-hybridized carbons (Fsp3) is 0.286. The van der Waals surface area contributed by atoms with Crippen LogP contribution in [0.25, 0.3) is 10.9 Å². The maximum absolute atomic E-state index is 13.9. The number of nitrogens with zero attached hydrogens (tertiary/aromatic N) is 1. The average Bonchev–Trinajstić information content (AvgIpc) is 3.23. The summed E-state index contributed by atoms with van der Waals surface area (Å²) in [5.41, 5.74) is -0.329. The van der Waals surface area contributed by atoms with Crippen LogP contribution in [-0.4, -0.2) is 21.9 Å². The highest BCUT2D eigenvalue weighted by Crippen LogP contribution is 2.37. The molecule has 2 aromatic rings. The van der Waals surface area contributed by atoms with Crippen LogP contribution in [0.15, 0.2) is 28.0 Å². The molecule has 0 unspecified atom stereocenters. The zero-order valence-corrected chi connectivity index (χ0v) is 11.5. The fourth-order valence-electron chi connectivity index (χ4n) is 2.31. The number of aromatic carboxylic acids is 1. The van der Waals surface area contributed by atoms with Crippen molar-refractivity contribution in [2.45, 2.75) is 23.8 Å². The molecule has 1 heterocycles. The number of halogens is 1. The molecular weight excluding hydrogens is 281 g/mol. The molecule has 1 fully saturated rings. The minimum Gasteiger partial charge on any atom is -0.477 e. The summed E-state index contributed by atoms with van der Waals surface area (Å²) in [5, 5.41) is 9.24. The molecule has 6 heteroatoms. The Kier molecular flexibility index (Phi) is 3.05. The Hall–Kier alpha value is -1.82. The molecule has 0 saturated heterocycles. The van der Waals surface area contributed by atoms with Gasteiger partial charge >= 0.3 is 5.97 Å². The van der Waals surface area contributed by atoms with E-state index in [9.17, 15) is 14.0 Å². The Bertz CT molecular complexity index is 780. The number of carboxylic acids is 1. The van der Waals surface area contributed by atoms with E-state index in [1.807, 2.05) is 0 Å². The maximum atomic E-state index is 13.9. The topological polar surface area (TPSA) is 59.3 Å². The van der Waals surface area contributed by atoms with Gasteiger partial charge in [0.05, 0.1) is 5.52 Å². The molecule has 1 aromatic heterocycles. The number of aromatic nitrogens is 1. The van der Waals surface area contributed by atoms with E-state index < -0.39 is 17.2 Å². The van der Waals surface area contributed by atoms with Gasteiger partial charge in [-0.3, -0.25) is 4.79 Å². The molecular formula is C14H12FNO3S. The molecule has 0 spiro atoms. The van der Waals surface area contributed by atoms with E-state index in [0.29, 0.717) is 10.4 Å². The van der Waals surface area contributed by atoms with Crippen molar-refractivity contribution < 1.29 is 14.3 Å². The van der Waals surface area contributed by atoms with Gasteiger partial charge in [-0.15, -0.1) is 11.8 Å². The highest BCUT2D eigenvalue weighted by Gasteiger charge is 2.27. The molecule has 3 rings (SSSR count). The number of hydrogen-bond donors (Lipinski definition) is 1. The van der Waals surface area contributed by atoms with E-state index >= 15 is 0 Å². The van der Waals surface area contributed by atoms with Crippen LogP contribution in [0.5, 0.6) is 0 Å². The second-order valence-electron chi connectivity index (χ2n) is 4.82. The summed E-state index contributed by atoms with van der Waals surface area (Å²) in [4.78, 5) is 23.8. The van der Waals surface area contributed by atoms with Crippen LogP contribution < -0.4 is 5.43 Å². The van der Waals surface area contributed by atoms with Gasteiger partial charge in [-0.1, -0.05) is 0 Å². The number of hydrogen-bond acceptors (Lipinski definition) is 3. The summed E-state index contributed by atoms with van der Waals surface area (Å²) >= 11 is 1.26. The lowest BCUT2D eigenvalue weighted by atomic mass is 10.1. The van der Waals surface area contributed by atoms with E-state index in [0.717, 1.165) is 18.9 Å². The second kappa shape index (κ2) is 4.63. The quantitative estimate of drug-likeness (QED) is 0.884. The fourth-order valence-corrected chi connectivity index (χ4v) is 2.80. The summed E-state index contributed by atoms with van der Waals surface area (Å²) in [6, 6.07) is 2.98. The van der Waals surface area contributed by atoms with Gasteiger partial charge in [-0.25, -0.2) is 9.18 Å². The highest BCUT2D eigenvalue weighted by molar-refractivity contribution is 7.98. The van der Waals surface area contributed by atoms with Gasteiger partial charge in [-0.05, 0) is 31.2 Å². The first-order valence-electron chi connectivity index (χ1n) is 6.18. The first kappa shape index (κ1) is 13.2. The summed E-state index contributed by atoms with van der Waals surface area (Å²) in [7, 11) is 0. The molecule has 0 bridgehead atoms. The smallest absolute Gasteiger partial charge is 0.341 e. The standard InChI is InChI=1S/C14H12FNO3S/c1-20-12-5-11-8(4-10(12)15)13(17)9(14(18)19)6-16(11)7-2-3-7/h4-7H,2-3H2,1H3,(H,18,19). The van der Waals surface area contributed by atoms with Crippen molar-refractivity contribution in [3.63, 3.8) is 0 Å². The van der Waals surface area contributed by atoms with Crippen molar-refractivity contribution in [3.05, 3.63) is 39.9 Å². The molecule has 0 amide bonds. The zero-order valence-electron chi connectivity index (χ0n) is 10.7. The van der Waals surface area contributed by atoms with E-state index in [1.165, 1.54) is 18.0 Å². The number of carboxylic acid groups (broad SMARTS) is 1. The van der Waals surface area contributed by atoms with Crippen molar-refractivity contribution in [2.75, 3.05) is 6.26 Å². The number of rotatable bonds is 3. The van der Waals surface area contributed by atoms with Crippen LogP contribution in [0, 0.1) is 5.82 Å². The van der Waals surface area contributed by atoms with Crippen molar-refractivity contribution in [3.8, 4) is 0 Å². The van der Waals surface area contributed by atoms with Crippen molar-refractivity contribution in [1.29, 1.82) is 0 Å². The van der Waals surface area contributed by atoms with Crippen LogP contribution in [0.2, 0.25) is 0 Å². The van der Waals surface area contributed by atoms with Crippen molar-refractivity contribution in [1.82, 2.24) is 4.57 Å². The Morgan fingerprint density at radius 2 is 2.15 bits per heavy atom. The molecule has 104 valence electrons. The minimum absolute atomic E-state index is 0.132. The Morgan fingerprint density at radius 1 is 1.45 bits per heavy atom. The molecule has 0 atom stereocenters. The van der Waals surface area contributed by atoms with Crippen LogP contribution >= 0.6 is 11.8 Å². The molecule has 1 aromatic carbocycles. The zero-order chi connectivity index (χ0) is 14.4. The second-order valence-corrected chi connectivity index (χ2v) is 5.67. The lowest BCUT2D eigenvalue weighted by Gasteiger charge is -2.12. The number of thioether (sulfide) groups is 1. The SMILES string of the molecule is CSc1cc2c(cc1F)c(=O)c(C(=O)O)cn2C1CC1. The lowest BCUT2D eigenvalue weighted by Crippen LogP contribution is -2.19. The molecule has 20 heavy (non-hydrogen) atoms. The van der Waals surface area contributed by atoms with Crippen molar-refractivity contribution in [2.24, 2.45) is 0 Å². The average molecular weight is 293 g/mol. The number of carbonyl (C=O) groups is 1. The van der Waals surface area contributed by atoms with Gasteiger partial charge in [0, 0.05) is 22.5 Å². The van der Waals surface area contributed by atoms with E-state index in [2.05, 4.69) is 0 Å². The summed E-state index contributed by atoms with van der Waals surface area (Å²) < 4.78 is 15.7. The summed E-state index contributed by atoms with van der Waals surface area (Å²) in [6.45, 7) is 0. The monoisotopic (exact) mass is 293 g/mol. The van der Waals surface area contributed by atoms with Gasteiger partial charge < -0.3 is 9.67 Å². The van der Waals surface area contributed by atoms with Gasteiger partial charge in [0.1, 0.15) is 11.4 Å². The van der Waals surface area contributed by atoms with E-state index in [4.69, 9.17) is 5.11 Å². The minimum atomic E-state index is -1.28. The lowest BCUT2D eigenvalue weighted by molar-refractivity contribution is 0.0695. The maximum Gasteiger partial charge on any atom is 0.341 e. The van der Waals surface area contributed by atoms with Crippen LogP contribution in [0.4, 0.5) is 4.39 Å². The summed E-state index contributed by atoms with van der Waals surface area (Å²) in [6.07, 6.45) is 5.04. The molecule has 1 aliphatic rings. The van der Waals surface area contributed by atoms with E-state index in [-0.39, 0.29) is 17.0 Å². The molecule has 0 aliphatic heterocycles. The van der Waals surface area contributed by atoms with Crippen LogP contribution in [0.1, 0.15) is 29.2 Å². The Morgan fingerprint density at radius 3 is 2.70 bits per heavy atom. The molecule has 0 radical (unpaired) electrons. The molecule has 1 aliphatic carbocycles. The Balaban J connectivity index is 2.42. The normalized spacial score (nSPS) is 14.7. The van der Waals surface area contributed by atoms with Gasteiger partial charge in [0.2, 0.25) is 5.43 Å². The summed E-state index contributed by atoms with van der Waals surface area (Å²) in [5.74, 6) is -1.77. The molecule has 1 saturated carbocycles. The van der Waals surface area contributed by atoms with Crippen LogP contribution in [-0.2, 0) is 0 Å². The highest BCUT2D eigenvalue weighted by atomic mass is 32.2. The van der Waals surface area contributed by atoms with Gasteiger partial charge in [0.15, 0.2) is 0 Å². The number of benzene rings is 1. The van der Waals surface area contributed by atoms with Crippen molar-refractivity contribution >= 4 is 28.6 Å². The largest absolute Gasteiger partial charge is 0.477 e. The third-order valence-corrected chi connectivity index (χ3v) is 4.23. The molecule has 4 nitrogen and oxygen atoms in total. The van der Waals surface area contributed by atoms with E-state index in [1.54, 1.807) is 16.9 Å². The van der Waals surface area contributed by atoms with Gasteiger partial charge in [-0.2, -0.15) is 0 Å². The Labute approximate surface area is 118 Å². The van der Waals surface area contributed by atoms with Gasteiger partial charge in [0.25, 0.3) is 0 Å². The number of fused-ring (bicyclic) bond motifs is 1. The predicted octanol–water partition coefficient (Wildman–Crippen LogP) is 2.90. The molecule has 1 N–H and O–H groups in total.